The summed E-state index contributed by atoms with van der Waals surface area (Å²) in [5, 5.41) is 6.44. The van der Waals surface area contributed by atoms with E-state index in [0.717, 1.165) is 20.2 Å². The van der Waals surface area contributed by atoms with Gasteiger partial charge in [-0.2, -0.15) is 0 Å². The smallest absolute Gasteiger partial charge is 0.255 e. The molecule has 0 radical (unpaired) electrons. The quantitative estimate of drug-likeness (QED) is 0.758. The molecular weight excluding hydrogens is 384 g/mol. The van der Waals surface area contributed by atoms with Crippen LogP contribution in [0.25, 0.3) is 0 Å². The van der Waals surface area contributed by atoms with E-state index in [9.17, 15) is 4.79 Å². The van der Waals surface area contributed by atoms with E-state index in [0.29, 0.717) is 5.56 Å². The van der Waals surface area contributed by atoms with Crippen LogP contribution in [0.1, 0.15) is 22.8 Å². The third-order valence-corrected chi connectivity index (χ3v) is 4.47. The van der Waals surface area contributed by atoms with E-state index in [1.165, 1.54) is 0 Å². The number of hydrogen-bond acceptors (Lipinski definition) is 2. The lowest BCUT2D eigenvalue weighted by molar-refractivity contribution is 0.0906. The highest BCUT2D eigenvalue weighted by molar-refractivity contribution is 9.11. The SMILES string of the molecule is CC1(c2ccccc2)NC(=O)c2cc(Br)cc(Br)c2N1. The van der Waals surface area contributed by atoms with Crippen molar-refractivity contribution in [3.05, 3.63) is 62.5 Å². The zero-order valence-corrected chi connectivity index (χ0v) is 13.9. The fraction of sp³-hybridized carbons (Fsp3) is 0.133. The Morgan fingerprint density at radius 3 is 2.45 bits per heavy atom. The normalized spacial score (nSPS) is 20.9. The molecule has 1 atom stereocenters. The molecule has 102 valence electrons. The fourth-order valence-electron chi connectivity index (χ4n) is 2.37. The van der Waals surface area contributed by atoms with Crippen molar-refractivity contribution in [2.24, 2.45) is 0 Å². The molecule has 0 saturated carbocycles. The average Bonchev–Trinajstić information content (AvgIpc) is 2.41. The van der Waals surface area contributed by atoms with Gasteiger partial charge in [0.2, 0.25) is 0 Å². The van der Waals surface area contributed by atoms with Crippen LogP contribution >= 0.6 is 31.9 Å². The Hall–Kier alpha value is -1.33. The summed E-state index contributed by atoms with van der Waals surface area (Å²) in [6, 6.07) is 13.6. The summed E-state index contributed by atoms with van der Waals surface area (Å²) >= 11 is 6.92. The maximum absolute atomic E-state index is 12.4. The van der Waals surface area contributed by atoms with Gasteiger partial charge in [-0.25, -0.2) is 0 Å². The molecule has 3 rings (SSSR count). The molecule has 0 aromatic heterocycles. The predicted octanol–water partition coefficient (Wildman–Crippen LogP) is 4.24. The summed E-state index contributed by atoms with van der Waals surface area (Å²) in [4.78, 5) is 12.4. The Labute approximate surface area is 134 Å². The van der Waals surface area contributed by atoms with E-state index < -0.39 is 5.66 Å². The largest absolute Gasteiger partial charge is 0.358 e. The molecule has 0 fully saturated rings. The summed E-state index contributed by atoms with van der Waals surface area (Å²) in [6.07, 6.45) is 0. The number of carbonyl (C=O) groups is 1. The van der Waals surface area contributed by atoms with E-state index >= 15 is 0 Å². The van der Waals surface area contributed by atoms with Gasteiger partial charge in [0.15, 0.2) is 0 Å². The van der Waals surface area contributed by atoms with Crippen LogP contribution in [0.5, 0.6) is 0 Å². The first-order chi connectivity index (χ1) is 9.49. The lowest BCUT2D eigenvalue weighted by Crippen LogP contribution is -2.53. The van der Waals surface area contributed by atoms with Gasteiger partial charge in [-0.1, -0.05) is 46.3 Å². The van der Waals surface area contributed by atoms with Crippen LogP contribution < -0.4 is 10.6 Å². The molecule has 2 N–H and O–H groups in total. The lowest BCUT2D eigenvalue weighted by Gasteiger charge is -2.38. The molecule has 1 aliphatic heterocycles. The van der Waals surface area contributed by atoms with Crippen molar-refractivity contribution in [2.45, 2.75) is 12.6 Å². The second-order valence-corrected chi connectivity index (χ2v) is 6.65. The van der Waals surface area contributed by atoms with E-state index in [-0.39, 0.29) is 5.91 Å². The minimum absolute atomic E-state index is 0.0906. The molecular formula is C15H12Br2N2O. The number of fused-ring (bicyclic) bond motifs is 1. The number of benzene rings is 2. The van der Waals surface area contributed by atoms with E-state index in [1.807, 2.05) is 49.4 Å². The van der Waals surface area contributed by atoms with Crippen molar-refractivity contribution >= 4 is 43.5 Å². The minimum atomic E-state index is -0.623. The Morgan fingerprint density at radius 2 is 1.75 bits per heavy atom. The number of rotatable bonds is 1. The first-order valence-electron chi connectivity index (χ1n) is 6.15. The van der Waals surface area contributed by atoms with Crippen LogP contribution in [-0.2, 0) is 5.66 Å². The topological polar surface area (TPSA) is 41.1 Å². The molecule has 1 heterocycles. The molecule has 3 nitrogen and oxygen atoms in total. The van der Waals surface area contributed by atoms with E-state index in [4.69, 9.17) is 0 Å². The average molecular weight is 396 g/mol. The lowest BCUT2D eigenvalue weighted by atomic mass is 9.96. The number of nitrogens with one attached hydrogen (secondary N) is 2. The number of anilines is 1. The van der Waals surface area contributed by atoms with Crippen molar-refractivity contribution in [1.29, 1.82) is 0 Å². The summed E-state index contributed by atoms with van der Waals surface area (Å²) in [7, 11) is 0. The van der Waals surface area contributed by atoms with Crippen molar-refractivity contribution < 1.29 is 4.79 Å². The summed E-state index contributed by atoms with van der Waals surface area (Å²) in [6.45, 7) is 1.96. The molecule has 20 heavy (non-hydrogen) atoms. The molecule has 2 aromatic rings. The van der Waals surface area contributed by atoms with Gasteiger partial charge in [-0.15, -0.1) is 0 Å². The molecule has 2 aromatic carbocycles. The second kappa shape index (κ2) is 4.90. The summed E-state index contributed by atoms with van der Waals surface area (Å²) < 4.78 is 1.72. The number of halogens is 2. The predicted molar refractivity (Wildman–Crippen MR) is 86.7 cm³/mol. The van der Waals surface area contributed by atoms with E-state index in [2.05, 4.69) is 42.5 Å². The van der Waals surface area contributed by atoms with Gasteiger partial charge in [0.25, 0.3) is 5.91 Å². The summed E-state index contributed by atoms with van der Waals surface area (Å²) in [5.74, 6) is -0.0906. The molecule has 0 saturated heterocycles. The van der Waals surface area contributed by atoms with Gasteiger partial charge in [-0.05, 0) is 40.5 Å². The van der Waals surface area contributed by atoms with Crippen LogP contribution in [0.4, 0.5) is 5.69 Å². The Morgan fingerprint density at radius 1 is 1.05 bits per heavy atom. The van der Waals surface area contributed by atoms with Gasteiger partial charge in [-0.3, -0.25) is 4.79 Å². The maximum atomic E-state index is 12.4. The highest BCUT2D eigenvalue weighted by atomic mass is 79.9. The van der Waals surface area contributed by atoms with Crippen LogP contribution in [0, 0.1) is 0 Å². The molecule has 0 aliphatic carbocycles. The standard InChI is InChI=1S/C15H12Br2N2O/c1-15(9-5-3-2-4-6-9)18-13-11(14(20)19-15)7-10(16)8-12(13)17/h2-8,18H,1H3,(H,19,20). The minimum Gasteiger partial charge on any atom is -0.358 e. The molecule has 1 amide bonds. The van der Waals surface area contributed by atoms with Gasteiger partial charge in [0.1, 0.15) is 5.66 Å². The first-order valence-corrected chi connectivity index (χ1v) is 7.73. The first kappa shape index (κ1) is 13.6. The number of amides is 1. The monoisotopic (exact) mass is 394 g/mol. The third kappa shape index (κ3) is 2.25. The Kier molecular flexibility index (Phi) is 3.34. The second-order valence-electron chi connectivity index (χ2n) is 4.88. The molecule has 0 bridgehead atoms. The third-order valence-electron chi connectivity index (χ3n) is 3.39. The molecule has 5 heteroatoms. The van der Waals surface area contributed by atoms with Gasteiger partial charge >= 0.3 is 0 Å². The van der Waals surface area contributed by atoms with Crippen LogP contribution in [0.2, 0.25) is 0 Å². The van der Waals surface area contributed by atoms with Crippen molar-refractivity contribution in [1.82, 2.24) is 5.32 Å². The van der Waals surface area contributed by atoms with E-state index in [1.54, 1.807) is 0 Å². The van der Waals surface area contributed by atoms with Gasteiger partial charge in [0, 0.05) is 8.95 Å². The van der Waals surface area contributed by atoms with Gasteiger partial charge < -0.3 is 10.6 Å². The maximum Gasteiger partial charge on any atom is 0.255 e. The van der Waals surface area contributed by atoms with Crippen molar-refractivity contribution in [3.8, 4) is 0 Å². The highest BCUT2D eigenvalue weighted by Gasteiger charge is 2.35. The van der Waals surface area contributed by atoms with Crippen LogP contribution in [-0.4, -0.2) is 5.91 Å². The zero-order chi connectivity index (χ0) is 14.3. The number of hydrogen-bond donors (Lipinski definition) is 2. The Balaban J connectivity index is 2.11. The molecule has 1 unspecified atom stereocenters. The molecule has 0 spiro atoms. The van der Waals surface area contributed by atoms with Crippen LogP contribution in [0.3, 0.4) is 0 Å². The van der Waals surface area contributed by atoms with Crippen LogP contribution in [0.15, 0.2) is 51.4 Å². The van der Waals surface area contributed by atoms with Crippen molar-refractivity contribution in [2.75, 3.05) is 5.32 Å². The van der Waals surface area contributed by atoms with Gasteiger partial charge in [0.05, 0.1) is 11.3 Å². The summed E-state index contributed by atoms with van der Waals surface area (Å²) in [5.41, 5.74) is 1.82. The zero-order valence-electron chi connectivity index (χ0n) is 10.7. The Bertz CT molecular complexity index is 688. The molecule has 1 aliphatic rings. The number of carbonyl (C=O) groups excluding carboxylic acids is 1. The fourth-order valence-corrected chi connectivity index (χ4v) is 3.70. The van der Waals surface area contributed by atoms with Crippen molar-refractivity contribution in [3.63, 3.8) is 0 Å². The highest BCUT2D eigenvalue weighted by Crippen LogP contribution is 2.37.